The van der Waals surface area contributed by atoms with Gasteiger partial charge in [-0.05, 0) is 38.1 Å². The summed E-state index contributed by atoms with van der Waals surface area (Å²) < 4.78 is 0. The molecule has 0 fully saturated rings. The third kappa shape index (κ3) is 1.95. The minimum absolute atomic E-state index is 0.332. The number of hydrogen-bond acceptors (Lipinski definition) is 6. The molecule has 0 atom stereocenters. The van der Waals surface area contributed by atoms with Crippen LogP contribution in [0.2, 0.25) is 0 Å². The molecule has 6 heteroatoms. The summed E-state index contributed by atoms with van der Waals surface area (Å²) in [7, 11) is 4.07. The first kappa shape index (κ1) is 14.2. The molecule has 2 aromatic rings. The highest BCUT2D eigenvalue weighted by atomic mass is 15.9. The summed E-state index contributed by atoms with van der Waals surface area (Å²) in [5, 5.41) is 8.46. The van der Waals surface area contributed by atoms with Gasteiger partial charge in [-0.2, -0.15) is 0 Å². The molecule has 120 valence electrons. The summed E-state index contributed by atoms with van der Waals surface area (Å²) in [6, 6.07) is 16.8. The highest BCUT2D eigenvalue weighted by Gasteiger charge is 2.43. The van der Waals surface area contributed by atoms with Crippen LogP contribution in [0.3, 0.4) is 0 Å². The standard InChI is InChI=1S/C17H22N6/c1-17(2,22-15-11-7-5-9-13(15)20(3)18-22)23-16-12-8-6-10-14(16)21(4)19-23/h5-12,18-19H,1-4H3. The zero-order valence-electron chi connectivity index (χ0n) is 13.9. The van der Waals surface area contributed by atoms with Crippen molar-refractivity contribution < 1.29 is 0 Å². The second-order valence-corrected chi connectivity index (χ2v) is 6.46. The summed E-state index contributed by atoms with van der Waals surface area (Å²) >= 11 is 0. The van der Waals surface area contributed by atoms with E-state index in [-0.39, 0.29) is 5.66 Å². The summed E-state index contributed by atoms with van der Waals surface area (Å²) in [6.45, 7) is 4.39. The topological polar surface area (TPSA) is 37.0 Å². The molecule has 0 amide bonds. The maximum atomic E-state index is 3.45. The Morgan fingerprint density at radius 2 is 1.00 bits per heavy atom. The van der Waals surface area contributed by atoms with Gasteiger partial charge in [-0.15, -0.1) is 11.1 Å². The maximum Gasteiger partial charge on any atom is 0.140 e. The number of fused-ring (bicyclic) bond motifs is 2. The van der Waals surface area contributed by atoms with Crippen LogP contribution in [0.25, 0.3) is 0 Å². The summed E-state index contributed by atoms with van der Waals surface area (Å²) in [5.74, 6) is 0. The largest absolute Gasteiger partial charge is 0.292 e. The monoisotopic (exact) mass is 310 g/mol. The van der Waals surface area contributed by atoms with E-state index in [2.05, 4.69) is 83.5 Å². The molecule has 6 nitrogen and oxygen atoms in total. The molecule has 2 heterocycles. The lowest BCUT2D eigenvalue weighted by Gasteiger charge is -2.44. The van der Waals surface area contributed by atoms with Gasteiger partial charge in [0.05, 0.1) is 22.7 Å². The van der Waals surface area contributed by atoms with Gasteiger partial charge in [0.1, 0.15) is 5.66 Å². The molecule has 2 aliphatic heterocycles. The molecule has 2 aromatic carbocycles. The fraction of sp³-hybridized carbons (Fsp3) is 0.294. The Bertz CT molecular complexity index is 682. The molecule has 0 saturated heterocycles. The predicted octanol–water partition coefficient (Wildman–Crippen LogP) is 2.47. The molecule has 0 aromatic heterocycles. The van der Waals surface area contributed by atoms with Gasteiger partial charge in [0.25, 0.3) is 0 Å². The Balaban J connectivity index is 1.75. The van der Waals surface area contributed by atoms with Crippen molar-refractivity contribution in [3.8, 4) is 0 Å². The van der Waals surface area contributed by atoms with Crippen molar-refractivity contribution in [3.63, 3.8) is 0 Å². The van der Waals surface area contributed by atoms with E-state index in [1.165, 1.54) is 11.4 Å². The van der Waals surface area contributed by atoms with Crippen LogP contribution in [0.5, 0.6) is 0 Å². The van der Waals surface area contributed by atoms with Crippen LogP contribution in [0.4, 0.5) is 22.7 Å². The van der Waals surface area contributed by atoms with E-state index in [0.717, 1.165) is 11.4 Å². The first-order valence-electron chi connectivity index (χ1n) is 7.79. The molecule has 0 aliphatic carbocycles. The van der Waals surface area contributed by atoms with Gasteiger partial charge in [0.15, 0.2) is 0 Å². The Kier molecular flexibility index (Phi) is 2.94. The van der Waals surface area contributed by atoms with E-state index in [0.29, 0.717) is 0 Å². The van der Waals surface area contributed by atoms with E-state index in [9.17, 15) is 0 Å². The fourth-order valence-electron chi connectivity index (χ4n) is 3.32. The first-order valence-corrected chi connectivity index (χ1v) is 7.79. The highest BCUT2D eigenvalue weighted by Crippen LogP contribution is 2.42. The molecule has 0 bridgehead atoms. The number of para-hydroxylation sites is 4. The minimum atomic E-state index is -0.332. The van der Waals surface area contributed by atoms with Crippen LogP contribution in [-0.2, 0) is 0 Å². The smallest absolute Gasteiger partial charge is 0.140 e. The van der Waals surface area contributed by atoms with Crippen LogP contribution in [0, 0.1) is 0 Å². The summed E-state index contributed by atoms with van der Waals surface area (Å²) in [6.07, 6.45) is 0. The van der Waals surface area contributed by atoms with Crippen LogP contribution in [0.1, 0.15) is 13.8 Å². The molecule has 2 N–H and O–H groups in total. The van der Waals surface area contributed by atoms with Crippen molar-refractivity contribution in [2.45, 2.75) is 19.5 Å². The second-order valence-electron chi connectivity index (χ2n) is 6.46. The Hall–Kier alpha value is -2.44. The number of nitrogens with zero attached hydrogens (tertiary/aromatic N) is 4. The van der Waals surface area contributed by atoms with Gasteiger partial charge in [-0.25, -0.2) is 0 Å². The molecule has 0 spiro atoms. The number of anilines is 4. The van der Waals surface area contributed by atoms with E-state index in [1.807, 2.05) is 24.1 Å². The summed E-state index contributed by atoms with van der Waals surface area (Å²) in [5.41, 5.74) is 11.2. The van der Waals surface area contributed by atoms with Gasteiger partial charge in [-0.1, -0.05) is 24.3 Å². The SMILES string of the molecule is CN1NN(C(C)(C)N2NN(C)c3ccccc32)c2ccccc21. The molecular weight excluding hydrogens is 288 g/mol. The lowest BCUT2D eigenvalue weighted by atomic mass is 10.1. The van der Waals surface area contributed by atoms with Gasteiger partial charge >= 0.3 is 0 Å². The van der Waals surface area contributed by atoms with Crippen LogP contribution in [0.15, 0.2) is 48.5 Å². The number of hydrogen-bond donors (Lipinski definition) is 2. The van der Waals surface area contributed by atoms with Gasteiger partial charge in [0, 0.05) is 14.1 Å². The van der Waals surface area contributed by atoms with E-state index in [4.69, 9.17) is 0 Å². The zero-order valence-corrected chi connectivity index (χ0v) is 13.9. The maximum absolute atomic E-state index is 3.45. The van der Waals surface area contributed by atoms with E-state index < -0.39 is 0 Å². The molecular formula is C17H22N6. The van der Waals surface area contributed by atoms with E-state index in [1.54, 1.807) is 0 Å². The molecule has 0 radical (unpaired) electrons. The first-order chi connectivity index (χ1) is 11.0. The fourth-order valence-corrected chi connectivity index (χ4v) is 3.32. The van der Waals surface area contributed by atoms with Gasteiger partial charge < -0.3 is 0 Å². The number of rotatable bonds is 2. The van der Waals surface area contributed by atoms with Crippen LogP contribution < -0.4 is 31.1 Å². The van der Waals surface area contributed by atoms with Crippen molar-refractivity contribution in [1.82, 2.24) is 11.1 Å². The third-order valence-electron chi connectivity index (χ3n) is 4.56. The molecule has 4 rings (SSSR count). The van der Waals surface area contributed by atoms with Crippen molar-refractivity contribution in [2.24, 2.45) is 0 Å². The lowest BCUT2D eigenvalue weighted by molar-refractivity contribution is 0.366. The lowest BCUT2D eigenvalue weighted by Crippen LogP contribution is -2.66. The molecule has 23 heavy (non-hydrogen) atoms. The molecule has 0 saturated carbocycles. The number of benzene rings is 2. The highest BCUT2D eigenvalue weighted by molar-refractivity contribution is 5.79. The molecule has 2 aliphatic rings. The Morgan fingerprint density at radius 3 is 1.39 bits per heavy atom. The van der Waals surface area contributed by atoms with Crippen molar-refractivity contribution in [2.75, 3.05) is 34.1 Å². The van der Waals surface area contributed by atoms with Crippen molar-refractivity contribution >= 4 is 22.7 Å². The molecule has 0 unspecified atom stereocenters. The number of hydrazine groups is 4. The summed E-state index contributed by atoms with van der Waals surface area (Å²) in [4.78, 5) is 0. The number of nitrogens with one attached hydrogen (secondary N) is 2. The average molecular weight is 310 g/mol. The quantitative estimate of drug-likeness (QED) is 0.887. The van der Waals surface area contributed by atoms with Gasteiger partial charge in [-0.3, -0.25) is 20.0 Å². The second kappa shape index (κ2) is 4.78. The Labute approximate surface area is 136 Å². The zero-order chi connectivity index (χ0) is 16.2. The Morgan fingerprint density at radius 1 is 0.652 bits per heavy atom. The van der Waals surface area contributed by atoms with Crippen LogP contribution in [-0.4, -0.2) is 19.8 Å². The average Bonchev–Trinajstić information content (AvgIpc) is 3.08. The van der Waals surface area contributed by atoms with Crippen LogP contribution >= 0.6 is 0 Å². The normalized spacial score (nSPS) is 16.9. The predicted molar refractivity (Wildman–Crippen MR) is 95.0 cm³/mol. The van der Waals surface area contributed by atoms with Gasteiger partial charge in [0.2, 0.25) is 0 Å². The minimum Gasteiger partial charge on any atom is -0.292 e. The van der Waals surface area contributed by atoms with E-state index >= 15 is 0 Å². The van der Waals surface area contributed by atoms with Crippen molar-refractivity contribution in [3.05, 3.63) is 48.5 Å². The third-order valence-corrected chi connectivity index (χ3v) is 4.56. The van der Waals surface area contributed by atoms with Crippen molar-refractivity contribution in [1.29, 1.82) is 0 Å².